The number of hydrogen-bond donors (Lipinski definition) is 1. The van der Waals surface area contributed by atoms with E-state index in [-0.39, 0.29) is 0 Å². The fraction of sp³-hybridized carbons (Fsp3) is 0.455. The van der Waals surface area contributed by atoms with Gasteiger partial charge in [0, 0.05) is 12.5 Å². The van der Waals surface area contributed by atoms with Crippen molar-refractivity contribution >= 4 is 17.4 Å². The Balaban J connectivity index is 2.53. The standard InChI is InChI=1S/C11H16N4/c1-5-9-13-8(4)10-11(14-9)15(6-12-10)7(2)3/h6-7H,4-5H2,1-3H3,(H,13,14). The first-order chi connectivity index (χ1) is 7.13. The summed E-state index contributed by atoms with van der Waals surface area (Å²) in [4.78, 5) is 8.86. The molecule has 0 bridgehead atoms. The number of nitrogens with one attached hydrogen (secondary N) is 1. The molecule has 1 aliphatic heterocycles. The summed E-state index contributed by atoms with van der Waals surface area (Å²) in [6.07, 6.45) is 2.70. The summed E-state index contributed by atoms with van der Waals surface area (Å²) < 4.78 is 2.07. The summed E-state index contributed by atoms with van der Waals surface area (Å²) in [6.45, 7) is 10.3. The Kier molecular flexibility index (Phi) is 2.34. The van der Waals surface area contributed by atoms with Crippen LogP contribution in [0.4, 0.5) is 5.82 Å². The summed E-state index contributed by atoms with van der Waals surface area (Å²) in [6, 6.07) is 0.369. The Hall–Kier alpha value is -1.58. The molecule has 4 nitrogen and oxygen atoms in total. The number of aromatic nitrogens is 2. The zero-order valence-corrected chi connectivity index (χ0v) is 9.41. The van der Waals surface area contributed by atoms with Gasteiger partial charge in [0.25, 0.3) is 0 Å². The number of amidine groups is 1. The van der Waals surface area contributed by atoms with E-state index in [1.54, 1.807) is 0 Å². The molecule has 0 aliphatic carbocycles. The second kappa shape index (κ2) is 3.53. The number of rotatable bonds is 2. The number of fused-ring (bicyclic) bond motifs is 1. The lowest BCUT2D eigenvalue weighted by atomic mass is 10.2. The van der Waals surface area contributed by atoms with Gasteiger partial charge in [-0.2, -0.15) is 0 Å². The lowest BCUT2D eigenvalue weighted by Crippen LogP contribution is -2.24. The van der Waals surface area contributed by atoms with Crippen LogP contribution in [0.2, 0.25) is 0 Å². The predicted molar refractivity (Wildman–Crippen MR) is 62.2 cm³/mol. The lowest BCUT2D eigenvalue weighted by Gasteiger charge is -2.18. The molecule has 0 saturated carbocycles. The molecule has 0 fully saturated rings. The van der Waals surface area contributed by atoms with E-state index < -0.39 is 0 Å². The maximum Gasteiger partial charge on any atom is 0.164 e. The quantitative estimate of drug-likeness (QED) is 0.804. The van der Waals surface area contributed by atoms with Crippen LogP contribution in [0, 0.1) is 0 Å². The van der Waals surface area contributed by atoms with Crippen molar-refractivity contribution in [1.29, 1.82) is 0 Å². The molecule has 0 atom stereocenters. The molecule has 1 aromatic rings. The van der Waals surface area contributed by atoms with Gasteiger partial charge < -0.3 is 9.88 Å². The molecule has 0 amide bonds. The van der Waals surface area contributed by atoms with Gasteiger partial charge >= 0.3 is 0 Å². The number of aliphatic imine (C=N–C) groups is 1. The topological polar surface area (TPSA) is 42.2 Å². The fourth-order valence-electron chi connectivity index (χ4n) is 1.61. The Morgan fingerprint density at radius 2 is 2.27 bits per heavy atom. The summed E-state index contributed by atoms with van der Waals surface area (Å²) in [5, 5.41) is 3.15. The van der Waals surface area contributed by atoms with Gasteiger partial charge in [-0.15, -0.1) is 0 Å². The van der Waals surface area contributed by atoms with E-state index in [2.05, 4.69) is 47.2 Å². The van der Waals surface area contributed by atoms with Crippen molar-refractivity contribution in [3.63, 3.8) is 0 Å². The van der Waals surface area contributed by atoms with Gasteiger partial charge in [0.2, 0.25) is 0 Å². The summed E-state index contributed by atoms with van der Waals surface area (Å²) >= 11 is 0. The van der Waals surface area contributed by atoms with E-state index in [1.807, 2.05) is 6.33 Å². The maximum atomic E-state index is 4.54. The smallest absolute Gasteiger partial charge is 0.164 e. The fourth-order valence-corrected chi connectivity index (χ4v) is 1.61. The van der Waals surface area contributed by atoms with Gasteiger partial charge in [-0.25, -0.2) is 9.98 Å². The zero-order valence-electron chi connectivity index (χ0n) is 9.41. The van der Waals surface area contributed by atoms with E-state index in [9.17, 15) is 0 Å². The van der Waals surface area contributed by atoms with Crippen LogP contribution >= 0.6 is 0 Å². The highest BCUT2D eigenvalue weighted by molar-refractivity contribution is 5.96. The maximum absolute atomic E-state index is 4.54. The molecule has 0 unspecified atom stereocenters. The second-order valence-corrected chi connectivity index (χ2v) is 3.93. The molecule has 15 heavy (non-hydrogen) atoms. The molecule has 2 heterocycles. The Morgan fingerprint density at radius 3 is 2.87 bits per heavy atom. The highest BCUT2D eigenvalue weighted by Crippen LogP contribution is 2.29. The van der Waals surface area contributed by atoms with Crippen molar-refractivity contribution in [2.75, 3.05) is 0 Å². The highest BCUT2D eigenvalue weighted by Gasteiger charge is 2.20. The van der Waals surface area contributed by atoms with E-state index in [0.29, 0.717) is 6.04 Å². The first kappa shape index (κ1) is 9.96. The van der Waals surface area contributed by atoms with Crippen molar-refractivity contribution in [2.45, 2.75) is 33.2 Å². The molecule has 0 spiro atoms. The molecule has 80 valence electrons. The van der Waals surface area contributed by atoms with Crippen LogP contribution in [0.5, 0.6) is 0 Å². The van der Waals surface area contributed by atoms with Crippen LogP contribution in [0.3, 0.4) is 0 Å². The lowest BCUT2D eigenvalue weighted by molar-refractivity contribution is 0.603. The molecule has 0 radical (unpaired) electrons. The Labute approximate surface area is 89.7 Å². The van der Waals surface area contributed by atoms with Crippen molar-refractivity contribution in [3.8, 4) is 0 Å². The number of imidazole rings is 1. The van der Waals surface area contributed by atoms with Crippen molar-refractivity contribution in [1.82, 2.24) is 14.9 Å². The summed E-state index contributed by atoms with van der Waals surface area (Å²) in [7, 11) is 0. The van der Waals surface area contributed by atoms with Crippen LogP contribution in [0.25, 0.3) is 5.70 Å². The Morgan fingerprint density at radius 1 is 1.53 bits per heavy atom. The SMILES string of the molecule is C=C1NC(CC)=Nc2c1ncn2C(C)C. The van der Waals surface area contributed by atoms with E-state index >= 15 is 0 Å². The molecule has 1 aliphatic rings. The second-order valence-electron chi connectivity index (χ2n) is 3.93. The minimum absolute atomic E-state index is 0.369. The first-order valence-corrected chi connectivity index (χ1v) is 5.24. The first-order valence-electron chi connectivity index (χ1n) is 5.24. The van der Waals surface area contributed by atoms with E-state index in [1.165, 1.54) is 0 Å². The van der Waals surface area contributed by atoms with Crippen LogP contribution in [-0.4, -0.2) is 15.4 Å². The van der Waals surface area contributed by atoms with Crippen LogP contribution in [0.1, 0.15) is 38.9 Å². The van der Waals surface area contributed by atoms with Gasteiger partial charge in [-0.05, 0) is 13.8 Å². The molecule has 0 saturated heterocycles. The Bertz CT molecular complexity index is 426. The van der Waals surface area contributed by atoms with E-state index in [0.717, 1.165) is 29.5 Å². The molecule has 0 aromatic carbocycles. The normalized spacial score (nSPS) is 14.9. The third kappa shape index (κ3) is 1.56. The van der Waals surface area contributed by atoms with Crippen molar-refractivity contribution < 1.29 is 0 Å². The van der Waals surface area contributed by atoms with Gasteiger partial charge in [0.15, 0.2) is 5.82 Å². The zero-order chi connectivity index (χ0) is 11.0. The summed E-state index contributed by atoms with van der Waals surface area (Å²) in [5.41, 5.74) is 1.71. The molecule has 1 aromatic heterocycles. The van der Waals surface area contributed by atoms with E-state index in [4.69, 9.17) is 0 Å². The van der Waals surface area contributed by atoms with Gasteiger partial charge in [-0.3, -0.25) is 0 Å². The van der Waals surface area contributed by atoms with Gasteiger partial charge in [0.05, 0.1) is 12.0 Å². The molecular formula is C11H16N4. The molecule has 2 rings (SSSR count). The highest BCUT2D eigenvalue weighted by atomic mass is 15.2. The monoisotopic (exact) mass is 204 g/mol. The minimum Gasteiger partial charge on any atom is -0.342 e. The number of hydrogen-bond acceptors (Lipinski definition) is 3. The van der Waals surface area contributed by atoms with Crippen LogP contribution in [0.15, 0.2) is 17.9 Å². The largest absolute Gasteiger partial charge is 0.342 e. The predicted octanol–water partition coefficient (Wildman–Crippen LogP) is 2.48. The van der Waals surface area contributed by atoms with Gasteiger partial charge in [-0.1, -0.05) is 13.5 Å². The number of nitrogens with zero attached hydrogens (tertiary/aromatic N) is 3. The third-order valence-electron chi connectivity index (χ3n) is 2.48. The van der Waals surface area contributed by atoms with Crippen molar-refractivity contribution in [3.05, 3.63) is 18.6 Å². The molecular weight excluding hydrogens is 188 g/mol. The van der Waals surface area contributed by atoms with Gasteiger partial charge in [0.1, 0.15) is 11.5 Å². The molecule has 1 N–H and O–H groups in total. The summed E-state index contributed by atoms with van der Waals surface area (Å²) in [5.74, 6) is 1.88. The van der Waals surface area contributed by atoms with Crippen LogP contribution < -0.4 is 5.32 Å². The molecule has 4 heteroatoms. The minimum atomic E-state index is 0.369. The average molecular weight is 204 g/mol. The van der Waals surface area contributed by atoms with Crippen LogP contribution in [-0.2, 0) is 0 Å². The third-order valence-corrected chi connectivity index (χ3v) is 2.48. The average Bonchev–Trinajstić information content (AvgIpc) is 2.61. The van der Waals surface area contributed by atoms with Crippen molar-refractivity contribution in [2.24, 2.45) is 4.99 Å².